The van der Waals surface area contributed by atoms with E-state index in [0.717, 1.165) is 40.7 Å². The average Bonchev–Trinajstić information content (AvgIpc) is 3.71. The highest BCUT2D eigenvalue weighted by Crippen LogP contribution is 2.48. The van der Waals surface area contributed by atoms with Crippen molar-refractivity contribution in [2.24, 2.45) is 16.6 Å². The first kappa shape index (κ1) is 33.6. The second-order valence-electron chi connectivity index (χ2n) is 14.1. The minimum Gasteiger partial charge on any atom is -0.386 e. The fourth-order valence-electron chi connectivity index (χ4n) is 7.52. The number of nitrogens with two attached hydrogens (primary N) is 1. The molecule has 2 fully saturated rings. The quantitative estimate of drug-likeness (QED) is 0.209. The van der Waals surface area contributed by atoms with Gasteiger partial charge in [-0.25, -0.2) is 0 Å². The molecule has 0 spiro atoms. The summed E-state index contributed by atoms with van der Waals surface area (Å²) in [5.41, 5.74) is 11.7. The number of hydrogen-bond donors (Lipinski definition) is 3. The van der Waals surface area contributed by atoms with E-state index in [1.165, 1.54) is 0 Å². The van der Waals surface area contributed by atoms with Crippen molar-refractivity contribution in [3.63, 3.8) is 0 Å². The van der Waals surface area contributed by atoms with Gasteiger partial charge < -0.3 is 26.0 Å². The molecule has 2 aromatic rings. The third kappa shape index (κ3) is 6.28. The van der Waals surface area contributed by atoms with Crippen LogP contribution in [0.15, 0.2) is 41.4 Å². The van der Waals surface area contributed by atoms with Crippen LogP contribution in [0.2, 0.25) is 0 Å². The third-order valence-electron chi connectivity index (χ3n) is 9.85. The van der Waals surface area contributed by atoms with Crippen molar-refractivity contribution < 1.29 is 14.7 Å². The Kier molecular flexibility index (Phi) is 9.60. The average molecular weight is 628 g/mol. The Hall–Kier alpha value is -3.78. The van der Waals surface area contributed by atoms with Crippen LogP contribution in [-0.2, 0) is 23.1 Å². The molecule has 5 rings (SSSR count). The SMILES string of the molecule is CC(C)N=C(N)C1(C[C@H](C)NCC(=O)N2C(C#N)C[C@@H]3C[C@@H]32)c2ccc(C(=O)N(C)C)cc2CCc2cc(C(O)N(C)C)ccc21. The van der Waals surface area contributed by atoms with E-state index in [4.69, 9.17) is 10.7 Å². The second kappa shape index (κ2) is 13.1. The molecular formula is C36H49N7O3. The van der Waals surface area contributed by atoms with Crippen molar-refractivity contribution in [2.45, 2.75) is 88.7 Å². The van der Waals surface area contributed by atoms with Gasteiger partial charge in [-0.1, -0.05) is 24.3 Å². The van der Waals surface area contributed by atoms with Crippen LogP contribution in [0, 0.1) is 17.2 Å². The lowest BCUT2D eigenvalue weighted by atomic mass is 9.67. The molecule has 46 heavy (non-hydrogen) atoms. The zero-order valence-electron chi connectivity index (χ0n) is 28.2. The van der Waals surface area contributed by atoms with Crippen molar-refractivity contribution in [3.8, 4) is 6.07 Å². The summed E-state index contributed by atoms with van der Waals surface area (Å²) in [5.74, 6) is 0.821. The number of aliphatic hydroxyl groups excluding tert-OH is 1. The van der Waals surface area contributed by atoms with Crippen molar-refractivity contribution in [1.29, 1.82) is 5.26 Å². The zero-order chi connectivity index (χ0) is 33.5. The number of carbonyl (C=O) groups is 2. The number of aryl methyl sites for hydroxylation is 2. The van der Waals surface area contributed by atoms with Gasteiger partial charge in [0.1, 0.15) is 18.1 Å². The highest BCUT2D eigenvalue weighted by Gasteiger charge is 2.54. The molecule has 0 radical (unpaired) electrons. The molecule has 1 aliphatic heterocycles. The normalized spacial score (nSPS) is 24.8. The number of nitrogens with zero attached hydrogens (tertiary/aromatic N) is 5. The van der Waals surface area contributed by atoms with Gasteiger partial charge in [0.05, 0.1) is 18.0 Å². The van der Waals surface area contributed by atoms with Crippen molar-refractivity contribution in [2.75, 3.05) is 34.7 Å². The first-order valence-electron chi connectivity index (χ1n) is 16.4. The summed E-state index contributed by atoms with van der Waals surface area (Å²) >= 11 is 0. The van der Waals surface area contributed by atoms with Crippen LogP contribution in [0.1, 0.15) is 84.4 Å². The lowest BCUT2D eigenvalue weighted by Gasteiger charge is -2.39. The summed E-state index contributed by atoms with van der Waals surface area (Å²) in [6.07, 6.45) is 2.87. The van der Waals surface area contributed by atoms with E-state index in [-0.39, 0.29) is 42.5 Å². The van der Waals surface area contributed by atoms with Gasteiger partial charge >= 0.3 is 0 Å². The number of benzene rings is 2. The van der Waals surface area contributed by atoms with Gasteiger partial charge in [-0.15, -0.1) is 0 Å². The largest absolute Gasteiger partial charge is 0.386 e. The predicted molar refractivity (Wildman–Crippen MR) is 179 cm³/mol. The molecule has 6 atom stereocenters. The Morgan fingerprint density at radius 1 is 1.09 bits per heavy atom. The van der Waals surface area contributed by atoms with E-state index in [1.54, 1.807) is 28.8 Å². The predicted octanol–water partition coefficient (Wildman–Crippen LogP) is 2.97. The van der Waals surface area contributed by atoms with E-state index in [1.807, 2.05) is 52.2 Å². The van der Waals surface area contributed by atoms with Crippen molar-refractivity contribution in [3.05, 3.63) is 69.8 Å². The molecule has 1 saturated heterocycles. The van der Waals surface area contributed by atoms with E-state index in [0.29, 0.717) is 36.6 Å². The van der Waals surface area contributed by atoms with E-state index in [9.17, 15) is 20.0 Å². The molecule has 2 aromatic carbocycles. The van der Waals surface area contributed by atoms with Crippen LogP contribution >= 0.6 is 0 Å². The van der Waals surface area contributed by atoms with Crippen LogP contribution in [0.5, 0.6) is 0 Å². The number of carbonyl (C=O) groups excluding carboxylic acids is 2. The molecular weight excluding hydrogens is 578 g/mol. The molecule has 3 unspecified atom stereocenters. The Labute approximate surface area is 273 Å². The highest BCUT2D eigenvalue weighted by atomic mass is 16.3. The molecule has 246 valence electrons. The van der Waals surface area contributed by atoms with Crippen molar-refractivity contribution in [1.82, 2.24) is 20.0 Å². The van der Waals surface area contributed by atoms with Gasteiger partial charge in [0, 0.05) is 37.8 Å². The van der Waals surface area contributed by atoms with Crippen LogP contribution in [0.3, 0.4) is 0 Å². The highest BCUT2D eigenvalue weighted by molar-refractivity contribution is 5.98. The molecule has 4 N–H and O–H groups in total. The number of nitriles is 1. The fourth-order valence-corrected chi connectivity index (χ4v) is 7.52. The molecule has 1 heterocycles. The van der Waals surface area contributed by atoms with Gasteiger partial charge in [0.25, 0.3) is 5.91 Å². The topological polar surface area (TPSA) is 138 Å². The van der Waals surface area contributed by atoms with Crippen LogP contribution in [-0.4, -0.2) is 96.4 Å². The van der Waals surface area contributed by atoms with Crippen molar-refractivity contribution >= 4 is 17.6 Å². The number of amides is 2. The summed E-state index contributed by atoms with van der Waals surface area (Å²) in [6, 6.07) is 13.9. The first-order valence-corrected chi connectivity index (χ1v) is 16.4. The maximum Gasteiger partial charge on any atom is 0.253 e. The zero-order valence-corrected chi connectivity index (χ0v) is 28.2. The number of aliphatic hydroxyl groups is 1. The van der Waals surface area contributed by atoms with Gasteiger partial charge in [0.15, 0.2) is 0 Å². The number of piperidine rings is 1. The maximum absolute atomic E-state index is 13.4. The monoisotopic (exact) mass is 627 g/mol. The molecule has 0 bridgehead atoms. The Morgan fingerprint density at radius 3 is 2.35 bits per heavy atom. The maximum atomic E-state index is 13.4. The Balaban J connectivity index is 1.59. The molecule has 3 aliphatic rings. The number of rotatable bonds is 10. The van der Waals surface area contributed by atoms with Crippen LogP contribution in [0.4, 0.5) is 0 Å². The molecule has 0 aromatic heterocycles. The number of fused-ring (bicyclic) bond motifs is 3. The second-order valence-corrected chi connectivity index (χ2v) is 14.1. The first-order chi connectivity index (χ1) is 21.8. The summed E-state index contributed by atoms with van der Waals surface area (Å²) in [6.45, 7) is 6.19. The molecule has 10 nitrogen and oxygen atoms in total. The minimum atomic E-state index is -0.868. The Morgan fingerprint density at radius 2 is 1.74 bits per heavy atom. The lowest BCUT2D eigenvalue weighted by molar-refractivity contribution is -0.131. The van der Waals surface area contributed by atoms with Crippen LogP contribution in [0.25, 0.3) is 0 Å². The number of aliphatic imine (C=N–C) groups is 1. The summed E-state index contributed by atoms with van der Waals surface area (Å²) in [5, 5.41) is 24.0. The summed E-state index contributed by atoms with van der Waals surface area (Å²) in [4.78, 5) is 36.5. The Bertz CT molecular complexity index is 1560. The standard InChI is InChI=1S/C36H49N7O3/c1-21(2)40-35(38)36(18-22(3)39-20-32(44)43-28(19-37)16-27-17-31(27)43)29-12-10-25(33(45)41(4)5)14-23(29)8-9-24-15-26(11-13-30(24)36)34(46)42(6)7/h10-15,21-22,27-28,31,33,39,45H,8-9,16-18,20H2,1-7H3,(H2,38,40)/t22-,27+,28?,31-,33?,36?/m0/s1. The number of nitrogens with one attached hydrogen (secondary N) is 1. The minimum absolute atomic E-state index is 0.0444. The molecule has 2 aliphatic carbocycles. The van der Waals surface area contributed by atoms with Crippen LogP contribution < -0.4 is 11.1 Å². The smallest absolute Gasteiger partial charge is 0.253 e. The van der Waals surface area contributed by atoms with E-state index < -0.39 is 11.6 Å². The molecule has 10 heteroatoms. The molecule has 1 saturated carbocycles. The number of likely N-dealkylation sites (tertiary alicyclic amines) is 1. The third-order valence-corrected chi connectivity index (χ3v) is 9.85. The number of amidine groups is 1. The fraction of sp³-hybridized carbons (Fsp3) is 0.556. The van der Waals surface area contributed by atoms with Gasteiger partial charge in [-0.2, -0.15) is 5.26 Å². The van der Waals surface area contributed by atoms with Gasteiger partial charge in [-0.3, -0.25) is 19.5 Å². The van der Waals surface area contributed by atoms with E-state index in [2.05, 4.69) is 30.4 Å². The number of hydrogen-bond acceptors (Lipinski definition) is 7. The molecule has 2 amide bonds. The summed E-state index contributed by atoms with van der Waals surface area (Å²) in [7, 11) is 7.17. The van der Waals surface area contributed by atoms with Gasteiger partial charge in [-0.05, 0) is 113 Å². The van der Waals surface area contributed by atoms with E-state index >= 15 is 0 Å². The lowest BCUT2D eigenvalue weighted by Crippen LogP contribution is -2.50. The summed E-state index contributed by atoms with van der Waals surface area (Å²) < 4.78 is 0. The van der Waals surface area contributed by atoms with Gasteiger partial charge in [0.2, 0.25) is 5.91 Å².